The van der Waals surface area contributed by atoms with Crippen LogP contribution < -0.4 is 10.6 Å². The normalized spacial score (nSPS) is 11.9. The molecule has 0 spiro atoms. The molecule has 0 saturated heterocycles. The third-order valence-electron chi connectivity index (χ3n) is 2.31. The maximum absolute atomic E-state index is 4.19. The fourth-order valence-electron chi connectivity index (χ4n) is 1.28. The van der Waals surface area contributed by atoms with Crippen molar-refractivity contribution in [2.45, 2.75) is 33.1 Å². The minimum Gasteiger partial charge on any atom is -0.356 e. The van der Waals surface area contributed by atoms with Gasteiger partial charge in [-0.05, 0) is 37.2 Å². The number of guanidine groups is 1. The van der Waals surface area contributed by atoms with Gasteiger partial charge in [-0.1, -0.05) is 13.8 Å². The number of nitrogens with zero attached hydrogens (tertiary/aromatic N) is 1. The Balaban J connectivity index is 3.45. The van der Waals surface area contributed by atoms with E-state index in [0.717, 1.165) is 25.0 Å². The molecule has 0 bridgehead atoms. The van der Waals surface area contributed by atoms with Crippen LogP contribution in [-0.4, -0.2) is 38.1 Å². The van der Waals surface area contributed by atoms with Gasteiger partial charge >= 0.3 is 0 Å². The van der Waals surface area contributed by atoms with E-state index < -0.39 is 0 Å². The third-order valence-corrected chi connectivity index (χ3v) is 3.00. The molecule has 0 aliphatic heterocycles. The predicted octanol–water partition coefficient (Wildman–Crippen LogP) is 2.34. The molecule has 0 atom stereocenters. The van der Waals surface area contributed by atoms with E-state index in [4.69, 9.17) is 0 Å². The minimum atomic E-state index is 0.743. The van der Waals surface area contributed by atoms with Gasteiger partial charge in [-0.2, -0.15) is 11.8 Å². The van der Waals surface area contributed by atoms with Crippen molar-refractivity contribution >= 4 is 17.7 Å². The quantitative estimate of drug-likeness (QED) is 0.391. The van der Waals surface area contributed by atoms with Crippen molar-refractivity contribution < 1.29 is 0 Å². The van der Waals surface area contributed by atoms with E-state index in [2.05, 4.69) is 35.7 Å². The Morgan fingerprint density at radius 3 is 2.44 bits per heavy atom. The lowest BCUT2D eigenvalue weighted by molar-refractivity contribution is 0.573. The van der Waals surface area contributed by atoms with Crippen LogP contribution in [0.4, 0.5) is 0 Å². The molecule has 0 amide bonds. The Labute approximate surface area is 105 Å². The molecule has 0 aliphatic carbocycles. The number of unbranched alkanes of at least 4 members (excludes halogenated alkanes) is 1. The molecule has 0 aromatic carbocycles. The van der Waals surface area contributed by atoms with Gasteiger partial charge < -0.3 is 10.6 Å². The van der Waals surface area contributed by atoms with Crippen LogP contribution in [0.15, 0.2) is 4.99 Å². The van der Waals surface area contributed by atoms with E-state index in [1.165, 1.54) is 25.0 Å². The molecule has 0 rings (SSSR count). The number of nitrogens with one attached hydrogen (secondary N) is 2. The van der Waals surface area contributed by atoms with Crippen LogP contribution in [0.3, 0.4) is 0 Å². The van der Waals surface area contributed by atoms with Gasteiger partial charge in [0.2, 0.25) is 0 Å². The highest BCUT2D eigenvalue weighted by molar-refractivity contribution is 7.98. The van der Waals surface area contributed by atoms with Gasteiger partial charge in [0.05, 0.1) is 0 Å². The maximum Gasteiger partial charge on any atom is 0.190 e. The monoisotopic (exact) mass is 245 g/mol. The first-order chi connectivity index (χ1) is 7.70. The first kappa shape index (κ1) is 15.6. The van der Waals surface area contributed by atoms with Gasteiger partial charge in [0.25, 0.3) is 0 Å². The average Bonchev–Trinajstić information content (AvgIpc) is 2.26. The standard InChI is InChI=1S/C12H27N3S/c1-11(2)7-9-15-12(13-3)14-8-5-6-10-16-4/h11H,5-10H2,1-4H3,(H2,13,14,15). The fourth-order valence-corrected chi connectivity index (χ4v) is 1.77. The van der Waals surface area contributed by atoms with Gasteiger partial charge in [0, 0.05) is 20.1 Å². The Morgan fingerprint density at radius 1 is 1.19 bits per heavy atom. The van der Waals surface area contributed by atoms with Crippen LogP contribution in [-0.2, 0) is 0 Å². The second kappa shape index (κ2) is 11.1. The number of hydrogen-bond acceptors (Lipinski definition) is 2. The summed E-state index contributed by atoms with van der Waals surface area (Å²) in [5.74, 6) is 2.93. The molecule has 0 aromatic heterocycles. The molecule has 0 heterocycles. The predicted molar refractivity (Wildman–Crippen MR) is 76.4 cm³/mol. The second-order valence-corrected chi connectivity index (χ2v) is 5.29. The van der Waals surface area contributed by atoms with E-state index in [0.29, 0.717) is 0 Å². The first-order valence-corrected chi connectivity index (χ1v) is 7.53. The van der Waals surface area contributed by atoms with Crippen molar-refractivity contribution in [3.63, 3.8) is 0 Å². The van der Waals surface area contributed by atoms with E-state index in [9.17, 15) is 0 Å². The highest BCUT2D eigenvalue weighted by Gasteiger charge is 1.97. The largest absolute Gasteiger partial charge is 0.356 e. The molecule has 0 aliphatic rings. The zero-order chi connectivity index (χ0) is 12.2. The van der Waals surface area contributed by atoms with E-state index >= 15 is 0 Å². The topological polar surface area (TPSA) is 36.4 Å². The van der Waals surface area contributed by atoms with Crippen molar-refractivity contribution in [1.29, 1.82) is 0 Å². The first-order valence-electron chi connectivity index (χ1n) is 6.14. The number of rotatable bonds is 8. The SMILES string of the molecule is CN=C(NCCCCSC)NCCC(C)C. The summed E-state index contributed by atoms with van der Waals surface area (Å²) in [6.45, 7) is 6.49. The molecule has 96 valence electrons. The molecular weight excluding hydrogens is 218 g/mol. The Kier molecular flexibility index (Phi) is 10.9. The number of thioether (sulfide) groups is 1. The molecule has 2 N–H and O–H groups in total. The summed E-state index contributed by atoms with van der Waals surface area (Å²) in [5, 5.41) is 6.66. The molecule has 0 radical (unpaired) electrons. The van der Waals surface area contributed by atoms with E-state index in [1.54, 1.807) is 0 Å². The van der Waals surface area contributed by atoms with E-state index in [-0.39, 0.29) is 0 Å². The number of aliphatic imine (C=N–C) groups is 1. The molecule has 0 aromatic rings. The van der Waals surface area contributed by atoms with Crippen molar-refractivity contribution in [1.82, 2.24) is 10.6 Å². The fraction of sp³-hybridized carbons (Fsp3) is 0.917. The van der Waals surface area contributed by atoms with Crippen molar-refractivity contribution in [3.8, 4) is 0 Å². The zero-order valence-corrected chi connectivity index (χ0v) is 12.0. The Morgan fingerprint density at radius 2 is 1.88 bits per heavy atom. The lowest BCUT2D eigenvalue weighted by Gasteiger charge is -2.12. The van der Waals surface area contributed by atoms with Crippen molar-refractivity contribution in [2.75, 3.05) is 32.1 Å². The molecular formula is C12H27N3S. The summed E-state index contributed by atoms with van der Waals surface area (Å²) >= 11 is 1.91. The van der Waals surface area contributed by atoms with Gasteiger partial charge in [-0.15, -0.1) is 0 Å². The summed E-state index contributed by atoms with van der Waals surface area (Å²) < 4.78 is 0. The molecule has 4 heteroatoms. The van der Waals surface area contributed by atoms with Crippen LogP contribution >= 0.6 is 11.8 Å². The van der Waals surface area contributed by atoms with E-state index in [1.807, 2.05) is 18.8 Å². The van der Waals surface area contributed by atoms with Gasteiger partial charge in [-0.25, -0.2) is 0 Å². The summed E-state index contributed by atoms with van der Waals surface area (Å²) in [7, 11) is 1.83. The molecule has 16 heavy (non-hydrogen) atoms. The molecule has 0 unspecified atom stereocenters. The Bertz CT molecular complexity index is 181. The summed E-state index contributed by atoms with van der Waals surface area (Å²) in [6.07, 6.45) is 5.83. The third kappa shape index (κ3) is 10.1. The lowest BCUT2D eigenvalue weighted by Crippen LogP contribution is -2.38. The molecule has 3 nitrogen and oxygen atoms in total. The van der Waals surface area contributed by atoms with Crippen LogP contribution in [0.5, 0.6) is 0 Å². The number of hydrogen-bond donors (Lipinski definition) is 2. The maximum atomic E-state index is 4.19. The average molecular weight is 245 g/mol. The van der Waals surface area contributed by atoms with Crippen molar-refractivity contribution in [2.24, 2.45) is 10.9 Å². The molecule has 0 fully saturated rings. The van der Waals surface area contributed by atoms with Crippen molar-refractivity contribution in [3.05, 3.63) is 0 Å². The smallest absolute Gasteiger partial charge is 0.190 e. The Hall–Kier alpha value is -0.380. The second-order valence-electron chi connectivity index (χ2n) is 4.31. The highest BCUT2D eigenvalue weighted by atomic mass is 32.2. The summed E-state index contributed by atoms with van der Waals surface area (Å²) in [5.41, 5.74) is 0. The van der Waals surface area contributed by atoms with Gasteiger partial charge in [0.1, 0.15) is 0 Å². The summed E-state index contributed by atoms with van der Waals surface area (Å²) in [6, 6.07) is 0. The van der Waals surface area contributed by atoms with Crippen LogP contribution in [0.25, 0.3) is 0 Å². The van der Waals surface area contributed by atoms with Crippen LogP contribution in [0.2, 0.25) is 0 Å². The highest BCUT2D eigenvalue weighted by Crippen LogP contribution is 1.98. The zero-order valence-electron chi connectivity index (χ0n) is 11.2. The van der Waals surface area contributed by atoms with Gasteiger partial charge in [0.15, 0.2) is 5.96 Å². The van der Waals surface area contributed by atoms with Gasteiger partial charge in [-0.3, -0.25) is 4.99 Å². The lowest BCUT2D eigenvalue weighted by atomic mass is 10.1. The summed E-state index contributed by atoms with van der Waals surface area (Å²) in [4.78, 5) is 4.19. The van der Waals surface area contributed by atoms with Crippen LogP contribution in [0, 0.1) is 5.92 Å². The minimum absolute atomic E-state index is 0.743. The van der Waals surface area contributed by atoms with Crippen LogP contribution in [0.1, 0.15) is 33.1 Å². The molecule has 0 saturated carbocycles.